The minimum atomic E-state index is -0.707. The Morgan fingerprint density at radius 2 is 2.05 bits per heavy atom. The fraction of sp³-hybridized carbons (Fsp3) is 0.0714. The first kappa shape index (κ1) is 16.1. The zero-order chi connectivity index (χ0) is 16.1. The summed E-state index contributed by atoms with van der Waals surface area (Å²) in [5, 5.41) is 3.25. The van der Waals surface area contributed by atoms with E-state index in [9.17, 15) is 9.59 Å². The molecule has 1 aromatic carbocycles. The number of nitrogens with one attached hydrogen (secondary N) is 2. The highest BCUT2D eigenvalue weighted by molar-refractivity contribution is 6.35. The average molecular weight is 341 g/mol. The van der Waals surface area contributed by atoms with Crippen LogP contribution >= 0.6 is 23.2 Å². The summed E-state index contributed by atoms with van der Waals surface area (Å²) in [4.78, 5) is 26.2. The molecule has 1 heterocycles. The SMILES string of the molecule is Nc1[nH+]cccc1C(=O)OCC(=O)Nc1cc(Cl)ccc1Cl. The van der Waals surface area contributed by atoms with Crippen molar-refractivity contribution in [2.75, 3.05) is 17.7 Å². The van der Waals surface area contributed by atoms with Crippen molar-refractivity contribution in [1.82, 2.24) is 0 Å². The number of aromatic amines is 1. The van der Waals surface area contributed by atoms with Gasteiger partial charge in [0.2, 0.25) is 0 Å². The van der Waals surface area contributed by atoms with Crippen molar-refractivity contribution in [3.63, 3.8) is 0 Å². The third-order valence-electron chi connectivity index (χ3n) is 2.64. The van der Waals surface area contributed by atoms with Crippen LogP contribution in [0.5, 0.6) is 0 Å². The summed E-state index contributed by atoms with van der Waals surface area (Å²) in [7, 11) is 0. The van der Waals surface area contributed by atoms with Gasteiger partial charge in [0.05, 0.1) is 16.9 Å². The second-order valence-electron chi connectivity index (χ2n) is 4.25. The Bertz CT molecular complexity index is 722. The fourth-order valence-electron chi connectivity index (χ4n) is 1.62. The van der Waals surface area contributed by atoms with Crippen LogP contribution in [0.25, 0.3) is 0 Å². The molecule has 0 saturated heterocycles. The molecule has 0 aliphatic carbocycles. The van der Waals surface area contributed by atoms with Gasteiger partial charge in [-0.1, -0.05) is 23.2 Å². The number of carbonyl (C=O) groups is 2. The Labute approximate surface area is 136 Å². The number of rotatable bonds is 4. The zero-order valence-electron chi connectivity index (χ0n) is 11.2. The van der Waals surface area contributed by atoms with Crippen molar-refractivity contribution in [1.29, 1.82) is 0 Å². The van der Waals surface area contributed by atoms with E-state index < -0.39 is 18.5 Å². The van der Waals surface area contributed by atoms with Crippen LogP contribution in [0, 0.1) is 0 Å². The van der Waals surface area contributed by atoms with Crippen LogP contribution in [0.4, 0.5) is 11.5 Å². The third-order valence-corrected chi connectivity index (χ3v) is 3.21. The summed E-state index contributed by atoms with van der Waals surface area (Å²) < 4.78 is 4.89. The molecular formula is C14H12Cl2N3O3+. The molecule has 2 aromatic rings. The van der Waals surface area contributed by atoms with E-state index in [4.69, 9.17) is 33.7 Å². The Balaban J connectivity index is 1.94. The first-order valence-corrected chi connectivity index (χ1v) is 6.91. The number of H-pyrrole nitrogens is 1. The fourth-order valence-corrected chi connectivity index (χ4v) is 1.95. The van der Waals surface area contributed by atoms with Crippen LogP contribution in [0.1, 0.15) is 10.4 Å². The van der Waals surface area contributed by atoms with Gasteiger partial charge < -0.3 is 10.1 Å². The highest BCUT2D eigenvalue weighted by Gasteiger charge is 2.17. The summed E-state index contributed by atoms with van der Waals surface area (Å²) in [6.07, 6.45) is 1.57. The number of halogens is 2. The largest absolute Gasteiger partial charge is 0.452 e. The summed E-state index contributed by atoms with van der Waals surface area (Å²) in [6, 6.07) is 7.71. The summed E-state index contributed by atoms with van der Waals surface area (Å²) in [6.45, 7) is -0.476. The van der Waals surface area contributed by atoms with Crippen LogP contribution in [0.15, 0.2) is 36.5 Å². The Morgan fingerprint density at radius 3 is 2.77 bits per heavy atom. The van der Waals surface area contributed by atoms with Gasteiger partial charge in [-0.2, -0.15) is 0 Å². The summed E-state index contributed by atoms with van der Waals surface area (Å²) in [5.41, 5.74) is 6.08. The highest BCUT2D eigenvalue weighted by Crippen LogP contribution is 2.25. The lowest BCUT2D eigenvalue weighted by atomic mass is 10.2. The molecule has 0 atom stereocenters. The lowest BCUT2D eigenvalue weighted by molar-refractivity contribution is -0.360. The second kappa shape index (κ2) is 7.11. The monoisotopic (exact) mass is 340 g/mol. The van der Waals surface area contributed by atoms with Gasteiger partial charge in [0.1, 0.15) is 5.56 Å². The molecule has 22 heavy (non-hydrogen) atoms. The van der Waals surface area contributed by atoms with E-state index in [1.165, 1.54) is 12.1 Å². The number of hydrogen-bond acceptors (Lipinski definition) is 4. The van der Waals surface area contributed by atoms with Gasteiger partial charge in [0, 0.05) is 5.02 Å². The van der Waals surface area contributed by atoms with Gasteiger partial charge in [-0.25, -0.2) is 9.78 Å². The molecule has 1 aromatic heterocycles. The molecule has 114 valence electrons. The number of amides is 1. The maximum atomic E-state index is 11.8. The Kier molecular flexibility index (Phi) is 5.19. The second-order valence-corrected chi connectivity index (χ2v) is 5.09. The van der Waals surface area contributed by atoms with Crippen LogP contribution < -0.4 is 16.0 Å². The van der Waals surface area contributed by atoms with E-state index in [0.29, 0.717) is 15.7 Å². The van der Waals surface area contributed by atoms with Crippen LogP contribution in [-0.2, 0) is 9.53 Å². The quantitative estimate of drug-likeness (QED) is 0.833. The number of esters is 1. The number of anilines is 2. The minimum absolute atomic E-state index is 0.149. The molecule has 0 saturated carbocycles. The molecule has 0 fully saturated rings. The number of aromatic nitrogens is 1. The van der Waals surface area contributed by atoms with E-state index in [2.05, 4.69) is 10.3 Å². The minimum Gasteiger partial charge on any atom is -0.452 e. The number of carbonyl (C=O) groups excluding carboxylic acids is 2. The molecule has 0 aliphatic heterocycles. The predicted molar refractivity (Wildman–Crippen MR) is 82.8 cm³/mol. The molecule has 1 amide bonds. The standard InChI is InChI=1S/C14H11Cl2N3O3/c15-8-3-4-10(16)11(6-8)19-12(20)7-22-14(21)9-2-1-5-18-13(9)17/h1-6H,7H2,(H2,17,18)(H,19,20)/p+1. The van der Waals surface area contributed by atoms with Gasteiger partial charge in [0.25, 0.3) is 11.7 Å². The topological polar surface area (TPSA) is 95.6 Å². The number of benzene rings is 1. The van der Waals surface area contributed by atoms with Gasteiger partial charge >= 0.3 is 5.97 Å². The van der Waals surface area contributed by atoms with Gasteiger partial charge in [-0.15, -0.1) is 0 Å². The van der Waals surface area contributed by atoms with Crippen molar-refractivity contribution >= 4 is 46.6 Å². The smallest absolute Gasteiger partial charge is 0.347 e. The molecule has 2 rings (SSSR count). The third kappa shape index (κ3) is 4.09. The normalized spacial score (nSPS) is 10.1. The molecule has 0 unspecified atom stereocenters. The number of nitrogens with two attached hydrogens (primary N) is 1. The summed E-state index contributed by atoms with van der Waals surface area (Å²) in [5.74, 6) is -1.09. The van der Waals surface area contributed by atoms with Crippen LogP contribution in [-0.4, -0.2) is 18.5 Å². The van der Waals surface area contributed by atoms with Crippen molar-refractivity contribution < 1.29 is 19.3 Å². The molecule has 0 spiro atoms. The lowest BCUT2D eigenvalue weighted by Gasteiger charge is -2.08. The predicted octanol–water partition coefficient (Wildman–Crippen LogP) is 2.19. The molecule has 6 nitrogen and oxygen atoms in total. The molecule has 4 N–H and O–H groups in total. The van der Waals surface area contributed by atoms with Gasteiger partial charge in [0.15, 0.2) is 6.61 Å². The molecule has 0 aliphatic rings. The number of pyridine rings is 1. The van der Waals surface area contributed by atoms with Crippen molar-refractivity contribution in [3.05, 3.63) is 52.1 Å². The number of nitrogen functional groups attached to an aromatic ring is 1. The summed E-state index contributed by atoms with van der Waals surface area (Å²) >= 11 is 11.7. The van der Waals surface area contributed by atoms with E-state index in [1.54, 1.807) is 24.4 Å². The van der Waals surface area contributed by atoms with Crippen molar-refractivity contribution in [3.8, 4) is 0 Å². The van der Waals surface area contributed by atoms with E-state index in [-0.39, 0.29) is 11.4 Å². The molecule has 0 radical (unpaired) electrons. The Hall–Kier alpha value is -2.31. The van der Waals surface area contributed by atoms with Gasteiger partial charge in [-0.05, 0) is 30.3 Å². The molecular weight excluding hydrogens is 329 g/mol. The van der Waals surface area contributed by atoms with Crippen molar-refractivity contribution in [2.45, 2.75) is 0 Å². The maximum absolute atomic E-state index is 11.8. The van der Waals surface area contributed by atoms with E-state index in [0.717, 1.165) is 0 Å². The van der Waals surface area contributed by atoms with E-state index in [1.807, 2.05) is 0 Å². The zero-order valence-corrected chi connectivity index (χ0v) is 12.7. The Morgan fingerprint density at radius 1 is 1.27 bits per heavy atom. The van der Waals surface area contributed by atoms with Crippen LogP contribution in [0.2, 0.25) is 10.0 Å². The van der Waals surface area contributed by atoms with Crippen LogP contribution in [0.3, 0.4) is 0 Å². The van der Waals surface area contributed by atoms with Gasteiger partial charge in [-0.3, -0.25) is 10.5 Å². The number of hydrogen-bond donors (Lipinski definition) is 2. The molecule has 0 bridgehead atoms. The first-order chi connectivity index (χ1) is 10.5. The van der Waals surface area contributed by atoms with Crippen molar-refractivity contribution in [2.24, 2.45) is 0 Å². The number of ether oxygens (including phenoxy) is 1. The maximum Gasteiger partial charge on any atom is 0.347 e. The first-order valence-electron chi connectivity index (χ1n) is 6.15. The van der Waals surface area contributed by atoms with E-state index >= 15 is 0 Å². The molecule has 8 heteroatoms. The highest BCUT2D eigenvalue weighted by atomic mass is 35.5. The average Bonchev–Trinajstić information content (AvgIpc) is 2.49. The lowest BCUT2D eigenvalue weighted by Crippen LogP contribution is -2.23.